The Bertz CT molecular complexity index is 936. The lowest BCUT2D eigenvalue weighted by molar-refractivity contribution is -0.300. The van der Waals surface area contributed by atoms with Crippen LogP contribution >= 0.6 is 0 Å². The number of aliphatic hydroxyl groups is 1. The molecule has 38 heavy (non-hydrogen) atoms. The molecule has 0 amide bonds. The molecule has 0 aromatic rings. The van der Waals surface area contributed by atoms with Gasteiger partial charge in [0, 0.05) is 12.3 Å². The molecule has 216 valence electrons. The van der Waals surface area contributed by atoms with E-state index in [4.69, 9.17) is 18.9 Å². The molecule has 6 rings (SSSR count). The number of hydrogen-bond donors (Lipinski definition) is 1. The summed E-state index contributed by atoms with van der Waals surface area (Å²) in [4.78, 5) is 0. The number of ether oxygens (including phenoxy) is 4. The van der Waals surface area contributed by atoms with E-state index >= 15 is 0 Å². The number of fused-ring (bicyclic) bond motifs is 7. The van der Waals surface area contributed by atoms with Gasteiger partial charge < -0.3 is 24.1 Å². The van der Waals surface area contributed by atoms with E-state index in [0.717, 1.165) is 19.3 Å². The van der Waals surface area contributed by atoms with Gasteiger partial charge in [0.1, 0.15) is 0 Å². The Balaban J connectivity index is 1.30. The maximum atomic E-state index is 11.3. The minimum Gasteiger partial charge on any atom is -0.389 e. The maximum absolute atomic E-state index is 11.3. The third-order valence-corrected chi connectivity index (χ3v) is 12.9. The summed E-state index contributed by atoms with van der Waals surface area (Å²) in [6.07, 6.45) is 10.1. The van der Waals surface area contributed by atoms with Gasteiger partial charge in [-0.3, -0.25) is 0 Å². The van der Waals surface area contributed by atoms with Crippen molar-refractivity contribution in [1.82, 2.24) is 0 Å². The largest absolute Gasteiger partial charge is 0.389 e. The fraction of sp³-hybridized carbons (Fsp3) is 0.939. The van der Waals surface area contributed by atoms with Crippen LogP contribution in [-0.2, 0) is 18.9 Å². The molecule has 5 nitrogen and oxygen atoms in total. The summed E-state index contributed by atoms with van der Waals surface area (Å²) in [7, 11) is 0. The zero-order valence-electron chi connectivity index (χ0n) is 25.3. The molecule has 2 heterocycles. The van der Waals surface area contributed by atoms with E-state index in [9.17, 15) is 5.11 Å². The summed E-state index contributed by atoms with van der Waals surface area (Å²) in [5, 5.41) is 11.3. The Morgan fingerprint density at radius 3 is 2.21 bits per heavy atom. The van der Waals surface area contributed by atoms with Gasteiger partial charge in [0.25, 0.3) is 0 Å². The topological polar surface area (TPSA) is 57.2 Å². The second kappa shape index (κ2) is 9.28. The summed E-state index contributed by atoms with van der Waals surface area (Å²) in [6, 6.07) is 0. The molecule has 0 radical (unpaired) electrons. The van der Waals surface area contributed by atoms with E-state index in [0.29, 0.717) is 48.7 Å². The molecule has 2 saturated heterocycles. The highest BCUT2D eigenvalue weighted by Gasteiger charge is 2.70. The van der Waals surface area contributed by atoms with Gasteiger partial charge in [0.15, 0.2) is 11.6 Å². The first-order valence-electron chi connectivity index (χ1n) is 15.8. The monoisotopic (exact) mass is 530 g/mol. The molecule has 0 aromatic carbocycles. The molecule has 5 heteroatoms. The van der Waals surface area contributed by atoms with Crippen LogP contribution in [0.5, 0.6) is 0 Å². The third kappa shape index (κ3) is 4.11. The molecule has 11 atom stereocenters. The third-order valence-electron chi connectivity index (χ3n) is 12.9. The van der Waals surface area contributed by atoms with Gasteiger partial charge in [-0.25, -0.2) is 0 Å². The van der Waals surface area contributed by atoms with Crippen molar-refractivity contribution in [3.63, 3.8) is 0 Å². The number of hydrogen-bond acceptors (Lipinski definition) is 5. The van der Waals surface area contributed by atoms with Gasteiger partial charge in [-0.2, -0.15) is 0 Å². The Morgan fingerprint density at radius 2 is 1.53 bits per heavy atom. The van der Waals surface area contributed by atoms with Crippen molar-refractivity contribution in [2.45, 2.75) is 130 Å². The minimum absolute atomic E-state index is 0.125. The quantitative estimate of drug-likeness (QED) is 0.409. The lowest BCUT2D eigenvalue weighted by Crippen LogP contribution is -2.65. The van der Waals surface area contributed by atoms with Crippen LogP contribution in [-0.4, -0.2) is 48.2 Å². The Labute approximate surface area is 231 Å². The van der Waals surface area contributed by atoms with Crippen LogP contribution in [0, 0.1) is 52.3 Å². The van der Waals surface area contributed by atoms with Crippen molar-refractivity contribution in [1.29, 1.82) is 0 Å². The predicted octanol–water partition coefficient (Wildman–Crippen LogP) is 6.73. The highest BCUT2D eigenvalue weighted by atomic mass is 16.8. The minimum atomic E-state index is -0.508. The summed E-state index contributed by atoms with van der Waals surface area (Å²) < 4.78 is 26.2. The van der Waals surface area contributed by atoms with Crippen molar-refractivity contribution >= 4 is 0 Å². The number of rotatable bonds is 4. The second-order valence-corrected chi connectivity index (χ2v) is 15.4. The molecule has 2 aliphatic heterocycles. The first-order valence-corrected chi connectivity index (χ1v) is 15.8. The van der Waals surface area contributed by atoms with Crippen LogP contribution in [0.4, 0.5) is 0 Å². The van der Waals surface area contributed by atoms with Crippen LogP contribution in [0.3, 0.4) is 0 Å². The van der Waals surface area contributed by atoms with Gasteiger partial charge in [0.2, 0.25) is 0 Å². The summed E-state index contributed by atoms with van der Waals surface area (Å²) >= 11 is 0. The first-order chi connectivity index (χ1) is 17.8. The molecule has 0 bridgehead atoms. The van der Waals surface area contributed by atoms with E-state index in [1.165, 1.54) is 31.3 Å². The van der Waals surface area contributed by atoms with Crippen LogP contribution in [0.2, 0.25) is 0 Å². The average molecular weight is 531 g/mol. The highest BCUT2D eigenvalue weighted by molar-refractivity contribution is 5.16. The fourth-order valence-electron chi connectivity index (χ4n) is 10.9. The highest BCUT2D eigenvalue weighted by Crippen LogP contribution is 2.71. The smallest absolute Gasteiger partial charge is 0.172 e. The molecule has 0 aromatic heterocycles. The van der Waals surface area contributed by atoms with Gasteiger partial charge >= 0.3 is 0 Å². The molecule has 1 N–H and O–H groups in total. The van der Waals surface area contributed by atoms with Crippen molar-refractivity contribution in [2.75, 3.05) is 13.2 Å². The van der Waals surface area contributed by atoms with E-state index in [2.05, 4.69) is 61.5 Å². The standard InChI is InChI=1S/C33H54O5/c1-19(2)20(3)15-26(34)21(4)23-9-10-24-22-17-33(35-13-14-36-33)29-16-27-28(38-30(5,6)37-27)18-32(29,8)25(22)11-12-31(23,24)7/h15,19,21-29,34H,9-14,16-18H2,1-8H3/b20-15+/t21-,22-,23+,24-,25-,26-,27-,28+,29?,31+,32+/m0/s1. The average Bonchev–Trinajstić information content (AvgIpc) is 3.51. The van der Waals surface area contributed by atoms with Gasteiger partial charge in [0.05, 0.1) is 31.5 Å². The van der Waals surface area contributed by atoms with E-state index < -0.39 is 11.6 Å². The molecule has 1 unspecified atom stereocenters. The molecular weight excluding hydrogens is 476 g/mol. The van der Waals surface area contributed by atoms with Crippen LogP contribution < -0.4 is 0 Å². The second-order valence-electron chi connectivity index (χ2n) is 15.4. The van der Waals surface area contributed by atoms with E-state index in [-0.39, 0.29) is 35.1 Å². The Morgan fingerprint density at radius 1 is 0.868 bits per heavy atom. The summed E-state index contributed by atoms with van der Waals surface area (Å²) in [5.41, 5.74) is 1.68. The molecule has 1 spiro atoms. The van der Waals surface area contributed by atoms with Crippen molar-refractivity contribution in [3.05, 3.63) is 11.6 Å². The lowest BCUT2D eigenvalue weighted by Gasteiger charge is -2.65. The molecule has 4 aliphatic carbocycles. The van der Waals surface area contributed by atoms with Gasteiger partial charge in [-0.15, -0.1) is 0 Å². The Hall–Kier alpha value is -0.460. The van der Waals surface area contributed by atoms with Crippen molar-refractivity contribution in [3.8, 4) is 0 Å². The first kappa shape index (κ1) is 27.7. The normalized spacial score (nSPS) is 48.9. The Kier molecular flexibility index (Phi) is 6.76. The fourth-order valence-corrected chi connectivity index (χ4v) is 10.9. The van der Waals surface area contributed by atoms with Crippen LogP contribution in [0.25, 0.3) is 0 Å². The molecular formula is C33H54O5. The van der Waals surface area contributed by atoms with Gasteiger partial charge in [-0.1, -0.05) is 46.3 Å². The molecule has 4 saturated carbocycles. The SMILES string of the molecule is C/C(=C\[C@H](O)[C@@H](C)[C@H]1CC[C@H]2[C@@H]3CC4(OCCO4)C4C[C@@H]5OC(C)(C)O[C@@H]5C[C@]4(C)[C@H]3CC[C@]12C)C(C)C. The van der Waals surface area contributed by atoms with Crippen LogP contribution in [0.15, 0.2) is 11.6 Å². The number of aliphatic hydroxyl groups excluding tert-OH is 1. The molecule has 6 fully saturated rings. The summed E-state index contributed by atoms with van der Waals surface area (Å²) in [6.45, 7) is 19.6. The van der Waals surface area contributed by atoms with E-state index in [1.54, 1.807) is 0 Å². The predicted molar refractivity (Wildman–Crippen MR) is 148 cm³/mol. The lowest BCUT2D eigenvalue weighted by atomic mass is 9.42. The zero-order chi connectivity index (χ0) is 27.3. The number of allylic oxidation sites excluding steroid dienone is 1. The van der Waals surface area contributed by atoms with Crippen molar-refractivity contribution < 1.29 is 24.1 Å². The summed E-state index contributed by atoms with van der Waals surface area (Å²) in [5.74, 6) is 2.60. The maximum Gasteiger partial charge on any atom is 0.172 e. The van der Waals surface area contributed by atoms with E-state index in [1.807, 2.05) is 0 Å². The molecule has 6 aliphatic rings. The van der Waals surface area contributed by atoms with Crippen molar-refractivity contribution in [2.24, 2.45) is 52.3 Å². The zero-order valence-corrected chi connectivity index (χ0v) is 25.3. The van der Waals surface area contributed by atoms with Gasteiger partial charge in [-0.05, 0) is 106 Å². The van der Waals surface area contributed by atoms with Crippen LogP contribution in [0.1, 0.15) is 100 Å².